The maximum Gasteiger partial charge on any atom is 0.0577 e. The second-order valence-corrected chi connectivity index (χ2v) is 11.8. The van der Waals surface area contributed by atoms with E-state index in [2.05, 4.69) is 52.8 Å². The van der Waals surface area contributed by atoms with Crippen LogP contribution in [-0.2, 0) is 0 Å². The fraction of sp³-hybridized carbons (Fsp3) is 0.852. The Bertz CT molecular complexity index is 630. The van der Waals surface area contributed by atoms with Crippen LogP contribution in [0.15, 0.2) is 23.8 Å². The lowest BCUT2D eigenvalue weighted by Crippen LogP contribution is -2.50. The van der Waals surface area contributed by atoms with Gasteiger partial charge in [0.2, 0.25) is 0 Å². The van der Waals surface area contributed by atoms with Crippen molar-refractivity contribution in [1.82, 2.24) is 0 Å². The predicted molar refractivity (Wildman–Crippen MR) is 119 cm³/mol. The van der Waals surface area contributed by atoms with Gasteiger partial charge in [-0.05, 0) is 104 Å². The fourth-order valence-corrected chi connectivity index (χ4v) is 8.25. The number of hydrogen-bond acceptors (Lipinski definition) is 1. The average molecular weight is 385 g/mol. The molecule has 4 rings (SSSR count). The van der Waals surface area contributed by atoms with Crippen molar-refractivity contribution < 1.29 is 5.11 Å². The molecule has 0 bridgehead atoms. The largest absolute Gasteiger partial charge is 0.393 e. The van der Waals surface area contributed by atoms with E-state index in [-0.39, 0.29) is 6.10 Å². The molecule has 158 valence electrons. The summed E-state index contributed by atoms with van der Waals surface area (Å²) in [5, 5.41) is 10.2. The highest BCUT2D eigenvalue weighted by Crippen LogP contribution is 2.67. The molecule has 1 heteroatoms. The van der Waals surface area contributed by atoms with Gasteiger partial charge in [-0.25, -0.2) is 0 Å². The molecule has 0 aliphatic heterocycles. The molecule has 3 saturated carbocycles. The SMILES string of the molecule is CC(C)C/C=C/[C@H](C)[C@@H]1CC[C@H]2[C@@H]3CC=C4C[C@@H](O)CC[C@]4(C)[C@@H]3CC[C@]21C. The van der Waals surface area contributed by atoms with Crippen LogP contribution in [0, 0.1) is 46.3 Å². The van der Waals surface area contributed by atoms with Gasteiger partial charge in [-0.2, -0.15) is 0 Å². The zero-order valence-corrected chi connectivity index (χ0v) is 19.1. The van der Waals surface area contributed by atoms with Crippen LogP contribution in [0.5, 0.6) is 0 Å². The first-order chi connectivity index (χ1) is 13.3. The summed E-state index contributed by atoms with van der Waals surface area (Å²) in [5.74, 6) is 5.03. The van der Waals surface area contributed by atoms with E-state index in [1.165, 1.54) is 44.9 Å². The van der Waals surface area contributed by atoms with E-state index in [0.717, 1.165) is 48.3 Å². The molecule has 0 radical (unpaired) electrons. The van der Waals surface area contributed by atoms with Crippen molar-refractivity contribution in [2.45, 2.75) is 98.5 Å². The number of rotatable bonds is 4. The highest BCUT2D eigenvalue weighted by molar-refractivity contribution is 5.25. The average Bonchev–Trinajstić information content (AvgIpc) is 2.99. The normalized spacial score (nSPS) is 46.8. The number of aliphatic hydroxyl groups is 1. The van der Waals surface area contributed by atoms with Gasteiger partial charge in [0.1, 0.15) is 0 Å². The molecule has 0 aromatic carbocycles. The predicted octanol–water partition coefficient (Wildman–Crippen LogP) is 7.16. The Balaban J connectivity index is 1.53. The van der Waals surface area contributed by atoms with Gasteiger partial charge in [0, 0.05) is 0 Å². The van der Waals surface area contributed by atoms with Gasteiger partial charge in [0.15, 0.2) is 0 Å². The van der Waals surface area contributed by atoms with Crippen LogP contribution < -0.4 is 0 Å². The van der Waals surface area contributed by atoms with Crippen LogP contribution in [0.2, 0.25) is 0 Å². The van der Waals surface area contributed by atoms with Gasteiger partial charge < -0.3 is 5.11 Å². The molecular formula is C27H44O. The molecule has 4 aliphatic carbocycles. The second-order valence-electron chi connectivity index (χ2n) is 11.8. The van der Waals surface area contributed by atoms with Crippen LogP contribution in [0.3, 0.4) is 0 Å². The molecule has 1 N–H and O–H groups in total. The van der Waals surface area contributed by atoms with Gasteiger partial charge >= 0.3 is 0 Å². The minimum Gasteiger partial charge on any atom is -0.393 e. The van der Waals surface area contributed by atoms with E-state index < -0.39 is 0 Å². The third kappa shape index (κ3) is 3.34. The molecule has 0 amide bonds. The first-order valence-electron chi connectivity index (χ1n) is 12.3. The zero-order valence-electron chi connectivity index (χ0n) is 19.1. The standard InChI is InChI=1S/C27H44O/c1-18(2)7-6-8-19(3)23-11-12-24-22-10-9-20-17-21(28)13-15-26(20,4)25(22)14-16-27(23,24)5/h6,8-9,18-19,21-25,28H,7,10-17H2,1-5H3/b8-6+/t19-,21-,22-,23-,24-,25+,26-,27-/m0/s1. The van der Waals surface area contributed by atoms with E-state index in [9.17, 15) is 5.11 Å². The smallest absolute Gasteiger partial charge is 0.0577 e. The number of allylic oxidation sites excluding steroid dienone is 3. The summed E-state index contributed by atoms with van der Waals surface area (Å²) in [5.41, 5.74) is 2.53. The van der Waals surface area contributed by atoms with Crippen LogP contribution in [0.1, 0.15) is 92.4 Å². The summed E-state index contributed by atoms with van der Waals surface area (Å²) in [6.45, 7) is 12.3. The Morgan fingerprint density at radius 1 is 1.07 bits per heavy atom. The monoisotopic (exact) mass is 384 g/mol. The van der Waals surface area contributed by atoms with Crippen molar-refractivity contribution in [3.05, 3.63) is 23.8 Å². The summed E-state index contributed by atoms with van der Waals surface area (Å²) in [4.78, 5) is 0. The zero-order chi connectivity index (χ0) is 20.1. The lowest BCUT2D eigenvalue weighted by Gasteiger charge is -2.58. The molecule has 3 fully saturated rings. The third-order valence-electron chi connectivity index (χ3n) is 9.83. The molecule has 28 heavy (non-hydrogen) atoms. The summed E-state index contributed by atoms with van der Waals surface area (Å²) >= 11 is 0. The minimum atomic E-state index is -0.0842. The van der Waals surface area contributed by atoms with Gasteiger partial charge in [0.25, 0.3) is 0 Å². The molecule has 0 heterocycles. The molecular weight excluding hydrogens is 340 g/mol. The topological polar surface area (TPSA) is 20.2 Å². The molecule has 8 atom stereocenters. The number of hydrogen-bond donors (Lipinski definition) is 1. The van der Waals surface area contributed by atoms with Crippen molar-refractivity contribution in [2.75, 3.05) is 0 Å². The van der Waals surface area contributed by atoms with Crippen molar-refractivity contribution in [3.8, 4) is 0 Å². The first kappa shape index (κ1) is 20.7. The van der Waals surface area contributed by atoms with E-state index >= 15 is 0 Å². The first-order valence-corrected chi connectivity index (χ1v) is 12.3. The van der Waals surface area contributed by atoms with Crippen molar-refractivity contribution >= 4 is 0 Å². The summed E-state index contributed by atoms with van der Waals surface area (Å²) in [7, 11) is 0. The number of fused-ring (bicyclic) bond motifs is 5. The maximum atomic E-state index is 10.2. The molecule has 0 aromatic heterocycles. The highest BCUT2D eigenvalue weighted by Gasteiger charge is 2.58. The van der Waals surface area contributed by atoms with Crippen LogP contribution in [0.4, 0.5) is 0 Å². The van der Waals surface area contributed by atoms with Crippen LogP contribution >= 0.6 is 0 Å². The van der Waals surface area contributed by atoms with Crippen molar-refractivity contribution in [3.63, 3.8) is 0 Å². The Hall–Kier alpha value is -0.560. The molecule has 0 spiro atoms. The summed E-state index contributed by atoms with van der Waals surface area (Å²) in [6.07, 6.45) is 18.9. The quantitative estimate of drug-likeness (QED) is 0.510. The van der Waals surface area contributed by atoms with Crippen molar-refractivity contribution in [2.24, 2.45) is 46.3 Å². The van der Waals surface area contributed by atoms with Gasteiger partial charge in [-0.1, -0.05) is 58.4 Å². The third-order valence-corrected chi connectivity index (χ3v) is 9.83. The van der Waals surface area contributed by atoms with Crippen molar-refractivity contribution in [1.29, 1.82) is 0 Å². The Kier molecular flexibility index (Phi) is 5.62. The minimum absolute atomic E-state index is 0.0842. The Morgan fingerprint density at radius 3 is 2.61 bits per heavy atom. The summed E-state index contributed by atoms with van der Waals surface area (Å²) < 4.78 is 0. The van der Waals surface area contributed by atoms with Crippen LogP contribution in [-0.4, -0.2) is 11.2 Å². The second kappa shape index (κ2) is 7.60. The Morgan fingerprint density at radius 2 is 1.86 bits per heavy atom. The molecule has 4 aliphatic rings. The maximum absolute atomic E-state index is 10.2. The van der Waals surface area contributed by atoms with E-state index in [0.29, 0.717) is 10.8 Å². The van der Waals surface area contributed by atoms with Gasteiger partial charge in [-0.15, -0.1) is 0 Å². The van der Waals surface area contributed by atoms with Gasteiger partial charge in [-0.3, -0.25) is 0 Å². The molecule has 0 saturated heterocycles. The van der Waals surface area contributed by atoms with E-state index in [1.54, 1.807) is 5.57 Å². The number of aliphatic hydroxyl groups excluding tert-OH is 1. The Labute approximate surface area is 174 Å². The fourth-order valence-electron chi connectivity index (χ4n) is 8.25. The lowest BCUT2D eigenvalue weighted by atomic mass is 9.47. The molecule has 0 aromatic rings. The molecule has 0 unspecified atom stereocenters. The lowest BCUT2D eigenvalue weighted by molar-refractivity contribution is -0.0540. The van der Waals surface area contributed by atoms with E-state index in [4.69, 9.17) is 0 Å². The molecule has 1 nitrogen and oxygen atoms in total. The van der Waals surface area contributed by atoms with E-state index in [1.807, 2.05) is 0 Å². The highest BCUT2D eigenvalue weighted by atomic mass is 16.3. The van der Waals surface area contributed by atoms with Gasteiger partial charge in [0.05, 0.1) is 6.10 Å². The summed E-state index contributed by atoms with van der Waals surface area (Å²) in [6, 6.07) is 0. The van der Waals surface area contributed by atoms with Crippen LogP contribution in [0.25, 0.3) is 0 Å².